The van der Waals surface area contributed by atoms with Crippen LogP contribution >= 0.6 is 0 Å². The molecule has 0 bridgehead atoms. The molecule has 1 heterocycles. The van der Waals surface area contributed by atoms with Crippen LogP contribution in [0.1, 0.15) is 0 Å². The van der Waals surface area contributed by atoms with E-state index in [0.717, 1.165) is 27.5 Å². The molecule has 0 atom stereocenters. The Hall–Kier alpha value is -5.34. The highest BCUT2D eigenvalue weighted by Crippen LogP contribution is 2.48. The van der Waals surface area contributed by atoms with E-state index in [1.807, 2.05) is 0 Å². The molecule has 9 aromatic rings. The first kappa shape index (κ1) is 28.9. The fourth-order valence-electron chi connectivity index (χ4n) is 8.25. The van der Waals surface area contributed by atoms with Gasteiger partial charge in [0.05, 0.1) is 0 Å². The smallest absolute Gasteiger partial charge is 0.139 e. The average Bonchev–Trinajstić information content (AvgIpc) is 3.51. The fraction of sp³-hybridized carbons (Fsp3) is 0. The maximum Gasteiger partial charge on any atom is 0.139 e. The number of hydrogen-bond acceptors (Lipinski definition) is 1. The van der Waals surface area contributed by atoms with E-state index in [-0.39, 0.29) is 0 Å². The lowest BCUT2D eigenvalue weighted by atomic mass is 9.59. The largest absolute Gasteiger partial charge is 0.456 e. The van der Waals surface area contributed by atoms with Gasteiger partial charge in [-0.3, -0.25) is 0 Å². The Kier molecular flexibility index (Phi) is 6.53. The van der Waals surface area contributed by atoms with E-state index in [1.54, 1.807) is 0 Å². The number of fused-ring (bicyclic) bond motifs is 6. The van der Waals surface area contributed by atoms with Gasteiger partial charge in [-0.05, 0) is 83.9 Å². The third kappa shape index (κ3) is 4.12. The minimum Gasteiger partial charge on any atom is -0.456 e. The summed E-state index contributed by atoms with van der Waals surface area (Å²) in [6.45, 7) is 0. The molecule has 0 N–H and O–H groups in total. The van der Waals surface area contributed by atoms with Crippen molar-refractivity contribution in [1.29, 1.82) is 0 Å². The number of benzene rings is 8. The van der Waals surface area contributed by atoms with Gasteiger partial charge in [0.1, 0.15) is 50.4 Å². The van der Waals surface area contributed by atoms with Gasteiger partial charge in [-0.1, -0.05) is 120 Å². The van der Waals surface area contributed by atoms with E-state index in [9.17, 15) is 0 Å². The van der Waals surface area contributed by atoms with E-state index in [4.69, 9.17) is 4.42 Å². The van der Waals surface area contributed by atoms with Gasteiger partial charge >= 0.3 is 0 Å². The topological polar surface area (TPSA) is 13.1 Å². The van der Waals surface area contributed by atoms with E-state index >= 15 is 0 Å². The SMILES string of the molecule is Bc1c(B)c(B)c(-c2c3ccccc3c(-c3cc(-c4cccc5ccccc45)cc4oc5ccccc5c34)c3ccccc23)c(B)c1B. The molecule has 0 saturated heterocycles. The van der Waals surface area contributed by atoms with Crippen molar-refractivity contribution in [3.63, 3.8) is 0 Å². The molecule has 6 heteroatoms. The normalized spacial score (nSPS) is 11.8. The van der Waals surface area contributed by atoms with Gasteiger partial charge in [0.2, 0.25) is 0 Å². The Morgan fingerprint density at radius 1 is 0.354 bits per heavy atom. The summed E-state index contributed by atoms with van der Waals surface area (Å²) in [7, 11) is 11.4. The molecule has 0 spiro atoms. The summed E-state index contributed by atoms with van der Waals surface area (Å²) in [5.74, 6) is 0. The maximum absolute atomic E-state index is 6.67. The summed E-state index contributed by atoms with van der Waals surface area (Å²) < 4.78 is 6.67. The van der Waals surface area contributed by atoms with Gasteiger partial charge in [-0.15, -0.1) is 16.4 Å². The molecule has 0 aliphatic rings. The molecule has 0 fully saturated rings. The molecule has 8 aromatic carbocycles. The zero-order valence-electron chi connectivity index (χ0n) is 28.0. The van der Waals surface area contributed by atoms with Gasteiger partial charge in [0.25, 0.3) is 0 Å². The molecular formula is C42H31B5O. The lowest BCUT2D eigenvalue weighted by Gasteiger charge is -2.24. The lowest BCUT2D eigenvalue weighted by Crippen LogP contribution is -2.55. The Balaban J connectivity index is 1.48. The van der Waals surface area contributed by atoms with Crippen molar-refractivity contribution in [2.24, 2.45) is 0 Å². The first-order valence-electron chi connectivity index (χ1n) is 16.9. The fourth-order valence-corrected chi connectivity index (χ4v) is 8.25. The van der Waals surface area contributed by atoms with Crippen molar-refractivity contribution < 1.29 is 4.42 Å². The highest BCUT2D eigenvalue weighted by Gasteiger charge is 2.23. The van der Waals surface area contributed by atoms with Crippen LogP contribution in [0.2, 0.25) is 0 Å². The van der Waals surface area contributed by atoms with Crippen molar-refractivity contribution in [3.05, 3.63) is 127 Å². The summed E-state index contributed by atoms with van der Waals surface area (Å²) in [5, 5.41) is 9.82. The molecule has 1 aromatic heterocycles. The first-order chi connectivity index (χ1) is 23.4. The minimum atomic E-state index is 0.908. The highest BCUT2D eigenvalue weighted by atomic mass is 16.3. The van der Waals surface area contributed by atoms with Crippen LogP contribution in [0, 0.1) is 0 Å². The van der Waals surface area contributed by atoms with Crippen molar-refractivity contribution in [2.75, 3.05) is 0 Å². The van der Waals surface area contributed by atoms with E-state index < -0.39 is 0 Å². The van der Waals surface area contributed by atoms with E-state index in [0.29, 0.717) is 0 Å². The van der Waals surface area contributed by atoms with Crippen molar-refractivity contribution in [2.45, 2.75) is 0 Å². The molecule has 1 nitrogen and oxygen atoms in total. The number of rotatable bonds is 3. The third-order valence-electron chi connectivity index (χ3n) is 11.0. The second-order valence-electron chi connectivity index (χ2n) is 13.4. The van der Waals surface area contributed by atoms with E-state index in [1.165, 1.54) is 87.4 Å². The van der Waals surface area contributed by atoms with Crippen LogP contribution in [0.15, 0.2) is 132 Å². The monoisotopic (exact) mass is 606 g/mol. The van der Waals surface area contributed by atoms with Crippen LogP contribution < -0.4 is 27.3 Å². The molecule has 0 aliphatic heterocycles. The van der Waals surface area contributed by atoms with Gasteiger partial charge in [-0.25, -0.2) is 0 Å². The standard InChI is InChI=1S/C42H31B5O/c43-38-37(39(44)41(46)42(47)40(38)45)36-28-15-5-3-13-26(28)34(27-14-4-6-16-29(27)36)31-20-23(25-18-9-11-22-10-1-2-12-24(22)25)21-33-35(31)30-17-7-8-19-32(30)48-33/h1-21H,43-47H2. The second kappa shape index (κ2) is 10.9. The van der Waals surface area contributed by atoms with Crippen LogP contribution in [-0.4, -0.2) is 39.2 Å². The summed E-state index contributed by atoms with van der Waals surface area (Å²) in [5.41, 5.74) is 16.2. The molecule has 0 aliphatic carbocycles. The molecule has 0 radical (unpaired) electrons. The summed E-state index contributed by atoms with van der Waals surface area (Å²) in [6, 6.07) is 46.4. The third-order valence-corrected chi connectivity index (χ3v) is 11.0. The van der Waals surface area contributed by atoms with Gasteiger partial charge in [-0.2, -0.15) is 0 Å². The Bertz CT molecular complexity index is 2700. The zero-order chi connectivity index (χ0) is 32.7. The number of hydrogen-bond donors (Lipinski definition) is 0. The zero-order valence-corrected chi connectivity index (χ0v) is 28.0. The van der Waals surface area contributed by atoms with Crippen molar-refractivity contribution >= 4 is 121 Å². The molecule has 220 valence electrons. The van der Waals surface area contributed by atoms with Crippen LogP contribution in [0.5, 0.6) is 0 Å². The number of para-hydroxylation sites is 1. The first-order valence-corrected chi connectivity index (χ1v) is 16.9. The van der Waals surface area contributed by atoms with Gasteiger partial charge in [0, 0.05) is 10.8 Å². The Morgan fingerprint density at radius 2 is 0.854 bits per heavy atom. The van der Waals surface area contributed by atoms with Crippen LogP contribution in [-0.2, 0) is 0 Å². The Labute approximate surface area is 285 Å². The van der Waals surface area contributed by atoms with Crippen molar-refractivity contribution in [1.82, 2.24) is 0 Å². The molecule has 0 amide bonds. The number of furan rings is 1. The average molecular weight is 606 g/mol. The summed E-state index contributed by atoms with van der Waals surface area (Å²) in [6.07, 6.45) is 0. The van der Waals surface area contributed by atoms with Gasteiger partial charge in [0.15, 0.2) is 0 Å². The van der Waals surface area contributed by atoms with Crippen molar-refractivity contribution in [3.8, 4) is 33.4 Å². The van der Waals surface area contributed by atoms with E-state index in [2.05, 4.69) is 167 Å². The summed E-state index contributed by atoms with van der Waals surface area (Å²) in [4.78, 5) is 0. The highest BCUT2D eigenvalue weighted by molar-refractivity contribution is 6.69. The quantitative estimate of drug-likeness (QED) is 0.223. The Morgan fingerprint density at radius 3 is 1.50 bits per heavy atom. The minimum absolute atomic E-state index is 0.908. The molecule has 0 unspecified atom stereocenters. The molecule has 9 rings (SSSR count). The maximum atomic E-state index is 6.67. The molecular weight excluding hydrogens is 575 g/mol. The predicted molar refractivity (Wildman–Crippen MR) is 223 cm³/mol. The van der Waals surface area contributed by atoms with Crippen LogP contribution in [0.3, 0.4) is 0 Å². The second-order valence-corrected chi connectivity index (χ2v) is 13.4. The molecule has 48 heavy (non-hydrogen) atoms. The summed E-state index contributed by atoms with van der Waals surface area (Å²) >= 11 is 0. The van der Waals surface area contributed by atoms with Crippen LogP contribution in [0.25, 0.3) is 87.6 Å². The lowest BCUT2D eigenvalue weighted by molar-refractivity contribution is 0.669. The molecule has 0 saturated carbocycles. The van der Waals surface area contributed by atoms with Gasteiger partial charge < -0.3 is 4.42 Å². The van der Waals surface area contributed by atoms with Crippen LogP contribution in [0.4, 0.5) is 0 Å². The predicted octanol–water partition coefficient (Wildman–Crippen LogP) is 3.34.